The van der Waals surface area contributed by atoms with Crippen molar-refractivity contribution in [3.8, 4) is 5.75 Å². The average molecular weight is 473 g/mol. The maximum Gasteiger partial charge on any atom is 0.261 e. The van der Waals surface area contributed by atoms with Gasteiger partial charge in [0.2, 0.25) is 5.91 Å². The van der Waals surface area contributed by atoms with Gasteiger partial charge in [-0.1, -0.05) is 93.6 Å². The lowest BCUT2D eigenvalue weighted by molar-refractivity contribution is -0.142. The van der Waals surface area contributed by atoms with Crippen LogP contribution in [-0.4, -0.2) is 36.4 Å². The summed E-state index contributed by atoms with van der Waals surface area (Å²) in [6.07, 6.45) is 0.413. The highest BCUT2D eigenvalue weighted by molar-refractivity contribution is 5.88. The molecule has 0 fully saturated rings. The number of aryl methyl sites for hydroxylation is 1. The van der Waals surface area contributed by atoms with Crippen LogP contribution in [0.2, 0.25) is 0 Å². The zero-order valence-corrected chi connectivity index (χ0v) is 21.4. The molecular formula is C30H36N2O3. The minimum atomic E-state index is -0.670. The van der Waals surface area contributed by atoms with Crippen molar-refractivity contribution >= 4 is 11.8 Å². The van der Waals surface area contributed by atoms with E-state index in [-0.39, 0.29) is 23.8 Å². The van der Waals surface area contributed by atoms with Crippen molar-refractivity contribution in [2.75, 3.05) is 13.7 Å². The van der Waals surface area contributed by atoms with Crippen LogP contribution in [-0.2, 0) is 28.0 Å². The highest BCUT2D eigenvalue weighted by Gasteiger charge is 2.30. The number of carbonyl (C=O) groups excluding carboxylic acids is 2. The summed E-state index contributed by atoms with van der Waals surface area (Å²) < 4.78 is 6.07. The second-order valence-corrected chi connectivity index (χ2v) is 9.80. The Kier molecular flexibility index (Phi) is 8.69. The summed E-state index contributed by atoms with van der Waals surface area (Å²) in [5.74, 6) is 0.246. The van der Waals surface area contributed by atoms with Crippen LogP contribution in [0.3, 0.4) is 0 Å². The van der Waals surface area contributed by atoms with E-state index in [1.165, 1.54) is 0 Å². The van der Waals surface area contributed by atoms with Crippen LogP contribution < -0.4 is 10.1 Å². The molecule has 0 radical (unpaired) electrons. The second-order valence-electron chi connectivity index (χ2n) is 9.80. The van der Waals surface area contributed by atoms with Gasteiger partial charge in [0, 0.05) is 20.0 Å². The van der Waals surface area contributed by atoms with Crippen LogP contribution in [0.15, 0.2) is 78.9 Å². The van der Waals surface area contributed by atoms with Gasteiger partial charge in [0.25, 0.3) is 5.91 Å². The van der Waals surface area contributed by atoms with Gasteiger partial charge in [0.05, 0.1) is 0 Å². The van der Waals surface area contributed by atoms with Crippen LogP contribution >= 0.6 is 0 Å². The molecule has 0 saturated carbocycles. The predicted molar refractivity (Wildman–Crippen MR) is 140 cm³/mol. The lowest BCUT2D eigenvalue weighted by Gasteiger charge is -2.32. The Bertz CT molecular complexity index is 1140. The molecule has 3 aromatic carbocycles. The number of carbonyl (C=O) groups is 2. The smallest absolute Gasteiger partial charge is 0.261 e. The van der Waals surface area contributed by atoms with Crippen molar-refractivity contribution in [1.82, 2.24) is 10.2 Å². The van der Waals surface area contributed by atoms with E-state index in [1.54, 1.807) is 11.9 Å². The third kappa shape index (κ3) is 6.95. The molecule has 1 N–H and O–H groups in total. The number of rotatable bonds is 9. The summed E-state index contributed by atoms with van der Waals surface area (Å²) in [6.45, 7) is 8.52. The van der Waals surface area contributed by atoms with Crippen molar-refractivity contribution in [2.24, 2.45) is 0 Å². The zero-order valence-electron chi connectivity index (χ0n) is 21.4. The van der Waals surface area contributed by atoms with E-state index in [1.807, 2.05) is 85.8 Å². The minimum absolute atomic E-state index is 0.127. The Morgan fingerprint density at radius 2 is 1.54 bits per heavy atom. The van der Waals surface area contributed by atoms with Gasteiger partial charge in [-0.2, -0.15) is 0 Å². The fourth-order valence-electron chi connectivity index (χ4n) is 4.13. The first-order chi connectivity index (χ1) is 16.7. The molecule has 0 aliphatic rings. The number of nitrogens with zero attached hydrogens (tertiary/aromatic N) is 1. The van der Waals surface area contributed by atoms with Gasteiger partial charge in [-0.25, -0.2) is 0 Å². The Labute approximate surface area is 209 Å². The van der Waals surface area contributed by atoms with Crippen molar-refractivity contribution in [3.05, 3.63) is 101 Å². The van der Waals surface area contributed by atoms with Gasteiger partial charge < -0.3 is 15.0 Å². The predicted octanol–water partition coefficient (Wildman–Crippen LogP) is 5.06. The molecule has 0 heterocycles. The summed E-state index contributed by atoms with van der Waals surface area (Å²) in [7, 11) is 1.60. The van der Waals surface area contributed by atoms with Crippen LogP contribution in [0.25, 0.3) is 0 Å². The van der Waals surface area contributed by atoms with Crippen molar-refractivity contribution in [1.29, 1.82) is 0 Å². The number of nitrogens with one attached hydrogen (secondary N) is 1. The number of amides is 2. The lowest BCUT2D eigenvalue weighted by atomic mass is 9.86. The highest BCUT2D eigenvalue weighted by Crippen LogP contribution is 2.31. The first kappa shape index (κ1) is 26.0. The lowest BCUT2D eigenvalue weighted by Crippen LogP contribution is -2.51. The van der Waals surface area contributed by atoms with Gasteiger partial charge >= 0.3 is 0 Å². The summed E-state index contributed by atoms with van der Waals surface area (Å²) in [5, 5.41) is 2.75. The SMILES string of the molecule is CNC(=O)C(Cc1ccccc1)N(Cc1ccccc1C)C(=O)COc1ccccc1C(C)(C)C. The monoisotopic (exact) mass is 472 g/mol. The Morgan fingerprint density at radius 3 is 2.20 bits per heavy atom. The summed E-state index contributed by atoms with van der Waals surface area (Å²) in [6, 6.07) is 24.8. The van der Waals surface area contributed by atoms with Gasteiger partial charge in [-0.15, -0.1) is 0 Å². The molecule has 1 unspecified atom stereocenters. The van der Waals surface area contributed by atoms with Crippen molar-refractivity contribution in [2.45, 2.75) is 52.1 Å². The summed E-state index contributed by atoms with van der Waals surface area (Å²) >= 11 is 0. The topological polar surface area (TPSA) is 58.6 Å². The Morgan fingerprint density at radius 1 is 0.914 bits per heavy atom. The first-order valence-electron chi connectivity index (χ1n) is 12.0. The largest absolute Gasteiger partial charge is 0.483 e. The number of likely N-dealkylation sites (N-methyl/N-ethyl adjacent to an activating group) is 1. The molecule has 5 nitrogen and oxygen atoms in total. The minimum Gasteiger partial charge on any atom is -0.483 e. The molecule has 0 spiro atoms. The molecule has 35 heavy (non-hydrogen) atoms. The van der Waals surface area contributed by atoms with Crippen LogP contribution in [0.5, 0.6) is 5.75 Å². The van der Waals surface area contributed by atoms with E-state index in [9.17, 15) is 9.59 Å². The molecule has 0 aliphatic carbocycles. The standard InChI is InChI=1S/C30H36N2O3/c1-22-13-9-10-16-24(22)20-32(26(29(34)31-5)19-23-14-7-6-8-15-23)28(33)21-35-27-18-12-11-17-25(27)30(2,3)4/h6-18,26H,19-21H2,1-5H3,(H,31,34). The van der Waals surface area contributed by atoms with Crippen LogP contribution in [0.4, 0.5) is 0 Å². The Balaban J connectivity index is 1.92. The quantitative estimate of drug-likeness (QED) is 0.474. The summed E-state index contributed by atoms with van der Waals surface area (Å²) in [4.78, 5) is 28.4. The van der Waals surface area contributed by atoms with E-state index in [0.29, 0.717) is 18.7 Å². The van der Waals surface area contributed by atoms with Gasteiger partial charge in [-0.3, -0.25) is 9.59 Å². The number of benzene rings is 3. The van der Waals surface area contributed by atoms with Gasteiger partial charge in [0.1, 0.15) is 11.8 Å². The molecular weight excluding hydrogens is 436 g/mol. The molecule has 1 atom stereocenters. The molecule has 5 heteroatoms. The summed E-state index contributed by atoms with van der Waals surface area (Å²) in [5.41, 5.74) is 3.96. The maximum absolute atomic E-state index is 13.7. The molecule has 0 bridgehead atoms. The van der Waals surface area contributed by atoms with E-state index in [0.717, 1.165) is 22.3 Å². The normalized spacial score (nSPS) is 12.0. The molecule has 3 aromatic rings. The number of ether oxygens (including phenoxy) is 1. The van der Waals surface area contributed by atoms with Crippen LogP contribution in [0, 0.1) is 6.92 Å². The molecule has 2 amide bonds. The third-order valence-electron chi connectivity index (χ3n) is 6.17. The number of para-hydroxylation sites is 1. The van der Waals surface area contributed by atoms with Crippen LogP contribution in [0.1, 0.15) is 43.0 Å². The van der Waals surface area contributed by atoms with Crippen molar-refractivity contribution in [3.63, 3.8) is 0 Å². The first-order valence-corrected chi connectivity index (χ1v) is 12.0. The van der Waals surface area contributed by atoms with Gasteiger partial charge in [-0.05, 0) is 40.7 Å². The van der Waals surface area contributed by atoms with E-state index in [2.05, 4.69) is 26.1 Å². The molecule has 0 aromatic heterocycles. The average Bonchev–Trinajstić information content (AvgIpc) is 2.85. The van der Waals surface area contributed by atoms with E-state index >= 15 is 0 Å². The van der Waals surface area contributed by atoms with Crippen molar-refractivity contribution < 1.29 is 14.3 Å². The molecule has 3 rings (SSSR count). The molecule has 0 saturated heterocycles. The zero-order chi connectivity index (χ0) is 25.4. The number of hydrogen-bond donors (Lipinski definition) is 1. The molecule has 184 valence electrons. The van der Waals surface area contributed by atoms with E-state index in [4.69, 9.17) is 4.74 Å². The fraction of sp³-hybridized carbons (Fsp3) is 0.333. The third-order valence-corrected chi connectivity index (χ3v) is 6.17. The Hall–Kier alpha value is -3.60. The van der Waals surface area contributed by atoms with E-state index < -0.39 is 6.04 Å². The molecule has 0 aliphatic heterocycles. The fourth-order valence-corrected chi connectivity index (χ4v) is 4.13. The number of hydrogen-bond acceptors (Lipinski definition) is 3. The second kappa shape index (κ2) is 11.7. The van der Waals surface area contributed by atoms with Gasteiger partial charge in [0.15, 0.2) is 6.61 Å². The maximum atomic E-state index is 13.7. The highest BCUT2D eigenvalue weighted by atomic mass is 16.5.